The van der Waals surface area contributed by atoms with Crippen LogP contribution in [0.2, 0.25) is 0 Å². The maximum absolute atomic E-state index is 11.0. The number of rotatable bonds is 1. The van der Waals surface area contributed by atoms with E-state index in [1.807, 2.05) is 6.92 Å². The molecule has 54 valence electrons. The summed E-state index contributed by atoms with van der Waals surface area (Å²) in [5.41, 5.74) is -0.127. The first-order valence-corrected chi connectivity index (χ1v) is 2.98. The molecule has 0 saturated carbocycles. The summed E-state index contributed by atoms with van der Waals surface area (Å²) < 4.78 is 2.69. The minimum absolute atomic E-state index is 0.127. The molecule has 0 radical (unpaired) electrons. The van der Waals surface area contributed by atoms with Crippen molar-refractivity contribution in [1.29, 1.82) is 0 Å². The van der Waals surface area contributed by atoms with Crippen molar-refractivity contribution in [2.45, 2.75) is 6.92 Å². The van der Waals surface area contributed by atoms with E-state index in [0.717, 1.165) is 0 Å². The SMILES string of the molecule is C/C=C/n1cnn(C)c1=O. The number of aromatic nitrogens is 3. The van der Waals surface area contributed by atoms with Crippen LogP contribution in [0.25, 0.3) is 6.20 Å². The molecule has 0 aliphatic heterocycles. The van der Waals surface area contributed by atoms with E-state index in [2.05, 4.69) is 5.10 Å². The fourth-order valence-corrected chi connectivity index (χ4v) is 0.662. The fraction of sp³-hybridized carbons (Fsp3) is 0.333. The van der Waals surface area contributed by atoms with Crippen LogP contribution in [0, 0.1) is 0 Å². The van der Waals surface area contributed by atoms with Gasteiger partial charge in [0, 0.05) is 13.2 Å². The summed E-state index contributed by atoms with van der Waals surface area (Å²) in [5, 5.41) is 3.75. The molecule has 0 atom stereocenters. The van der Waals surface area contributed by atoms with Crippen molar-refractivity contribution in [3.63, 3.8) is 0 Å². The monoisotopic (exact) mass is 139 g/mol. The first-order chi connectivity index (χ1) is 4.75. The Labute approximate surface area is 58.4 Å². The van der Waals surface area contributed by atoms with E-state index in [1.165, 1.54) is 15.6 Å². The molecule has 0 spiro atoms. The Kier molecular flexibility index (Phi) is 1.71. The molecule has 0 unspecified atom stereocenters. The van der Waals surface area contributed by atoms with Gasteiger partial charge in [-0.05, 0) is 6.92 Å². The van der Waals surface area contributed by atoms with Gasteiger partial charge in [-0.2, -0.15) is 5.10 Å². The van der Waals surface area contributed by atoms with E-state index in [-0.39, 0.29) is 5.69 Å². The van der Waals surface area contributed by atoms with E-state index in [9.17, 15) is 4.79 Å². The second kappa shape index (κ2) is 2.51. The summed E-state index contributed by atoms with van der Waals surface area (Å²) in [6, 6.07) is 0. The average molecular weight is 139 g/mol. The van der Waals surface area contributed by atoms with E-state index in [1.54, 1.807) is 19.3 Å². The maximum Gasteiger partial charge on any atom is 0.349 e. The molecule has 4 heteroatoms. The highest BCUT2D eigenvalue weighted by molar-refractivity contribution is 5.18. The first-order valence-electron chi connectivity index (χ1n) is 2.98. The van der Waals surface area contributed by atoms with Gasteiger partial charge in [0.1, 0.15) is 6.33 Å². The van der Waals surface area contributed by atoms with Gasteiger partial charge in [0.25, 0.3) is 0 Å². The highest BCUT2D eigenvalue weighted by atomic mass is 16.2. The number of aryl methyl sites for hydroxylation is 1. The Bertz CT molecular complexity index is 294. The Balaban J connectivity index is 3.18. The molecule has 1 aromatic rings. The summed E-state index contributed by atoms with van der Waals surface area (Å²) in [4.78, 5) is 11.0. The van der Waals surface area contributed by atoms with Gasteiger partial charge in [-0.15, -0.1) is 0 Å². The normalized spacial score (nSPS) is 11.0. The standard InChI is InChI=1S/C6H9N3O/c1-3-4-9-5-7-8(2)6(9)10/h3-5H,1-2H3/b4-3+. The number of nitrogens with zero attached hydrogens (tertiary/aromatic N) is 3. The van der Waals surface area contributed by atoms with Gasteiger partial charge < -0.3 is 0 Å². The molecule has 0 aliphatic rings. The Hall–Kier alpha value is -1.32. The summed E-state index contributed by atoms with van der Waals surface area (Å²) in [6.07, 6.45) is 4.92. The number of hydrogen-bond acceptors (Lipinski definition) is 2. The molecule has 1 aromatic heterocycles. The average Bonchev–Trinajstić information content (AvgIpc) is 2.20. The molecule has 0 aromatic carbocycles. The lowest BCUT2D eigenvalue weighted by molar-refractivity contribution is 0.729. The van der Waals surface area contributed by atoms with E-state index < -0.39 is 0 Å². The number of allylic oxidation sites excluding steroid dienone is 1. The Morgan fingerprint density at radius 2 is 2.40 bits per heavy atom. The van der Waals surface area contributed by atoms with Crippen LogP contribution < -0.4 is 5.69 Å². The van der Waals surface area contributed by atoms with Crippen molar-refractivity contribution in [2.75, 3.05) is 0 Å². The smallest absolute Gasteiger partial charge is 0.257 e. The Morgan fingerprint density at radius 3 is 2.80 bits per heavy atom. The largest absolute Gasteiger partial charge is 0.349 e. The van der Waals surface area contributed by atoms with Gasteiger partial charge >= 0.3 is 5.69 Å². The highest BCUT2D eigenvalue weighted by Crippen LogP contribution is 1.77. The van der Waals surface area contributed by atoms with Crippen LogP contribution in [0.5, 0.6) is 0 Å². The van der Waals surface area contributed by atoms with Crippen molar-refractivity contribution in [2.24, 2.45) is 7.05 Å². The van der Waals surface area contributed by atoms with Crippen LogP contribution in [0.15, 0.2) is 17.2 Å². The van der Waals surface area contributed by atoms with Crippen LogP contribution in [0.3, 0.4) is 0 Å². The Morgan fingerprint density at radius 1 is 1.70 bits per heavy atom. The third-order valence-corrected chi connectivity index (χ3v) is 1.16. The van der Waals surface area contributed by atoms with Crippen molar-refractivity contribution >= 4 is 6.20 Å². The summed E-state index contributed by atoms with van der Waals surface area (Å²) >= 11 is 0. The molecule has 0 bridgehead atoms. The minimum Gasteiger partial charge on any atom is -0.257 e. The summed E-state index contributed by atoms with van der Waals surface area (Å²) in [6.45, 7) is 1.85. The van der Waals surface area contributed by atoms with Gasteiger partial charge in [-0.25, -0.2) is 9.48 Å². The fourth-order valence-electron chi connectivity index (χ4n) is 0.662. The molecule has 0 amide bonds. The van der Waals surface area contributed by atoms with Crippen molar-refractivity contribution < 1.29 is 0 Å². The van der Waals surface area contributed by atoms with Crippen LogP contribution in [-0.2, 0) is 7.05 Å². The number of hydrogen-bond donors (Lipinski definition) is 0. The second-order valence-corrected chi connectivity index (χ2v) is 1.93. The zero-order valence-electron chi connectivity index (χ0n) is 5.98. The van der Waals surface area contributed by atoms with Gasteiger partial charge in [0.2, 0.25) is 0 Å². The molecule has 0 fully saturated rings. The maximum atomic E-state index is 11.0. The van der Waals surface area contributed by atoms with E-state index >= 15 is 0 Å². The minimum atomic E-state index is -0.127. The molecule has 1 rings (SSSR count). The summed E-state index contributed by atoms with van der Waals surface area (Å²) in [7, 11) is 1.61. The van der Waals surface area contributed by atoms with E-state index in [0.29, 0.717) is 0 Å². The van der Waals surface area contributed by atoms with Crippen molar-refractivity contribution in [3.05, 3.63) is 22.9 Å². The van der Waals surface area contributed by atoms with Crippen LogP contribution >= 0.6 is 0 Å². The molecule has 0 N–H and O–H groups in total. The summed E-state index contributed by atoms with van der Waals surface area (Å²) in [5.74, 6) is 0. The zero-order valence-corrected chi connectivity index (χ0v) is 5.98. The molecule has 1 heterocycles. The molecule has 10 heavy (non-hydrogen) atoms. The lowest BCUT2D eigenvalue weighted by Gasteiger charge is -1.83. The van der Waals surface area contributed by atoms with Crippen LogP contribution in [0.4, 0.5) is 0 Å². The lowest BCUT2D eigenvalue weighted by Crippen LogP contribution is -2.19. The van der Waals surface area contributed by atoms with Gasteiger partial charge in [-0.3, -0.25) is 4.57 Å². The van der Waals surface area contributed by atoms with Gasteiger partial charge in [-0.1, -0.05) is 6.08 Å². The molecule has 0 aliphatic carbocycles. The molecular weight excluding hydrogens is 130 g/mol. The third kappa shape index (κ3) is 1.00. The molecule has 4 nitrogen and oxygen atoms in total. The zero-order chi connectivity index (χ0) is 7.56. The molecule has 0 saturated heterocycles. The second-order valence-electron chi connectivity index (χ2n) is 1.93. The van der Waals surface area contributed by atoms with Gasteiger partial charge in [0.15, 0.2) is 0 Å². The topological polar surface area (TPSA) is 39.8 Å². The first kappa shape index (κ1) is 6.80. The quantitative estimate of drug-likeness (QED) is 0.552. The van der Waals surface area contributed by atoms with Crippen LogP contribution in [-0.4, -0.2) is 14.3 Å². The highest BCUT2D eigenvalue weighted by Gasteiger charge is 1.93. The van der Waals surface area contributed by atoms with Crippen LogP contribution in [0.1, 0.15) is 6.92 Å². The predicted octanol–water partition coefficient (Wildman–Crippen LogP) is 0.0724. The van der Waals surface area contributed by atoms with Crippen molar-refractivity contribution in [3.8, 4) is 0 Å². The molecular formula is C6H9N3O. The van der Waals surface area contributed by atoms with Crippen molar-refractivity contribution in [1.82, 2.24) is 14.3 Å². The lowest BCUT2D eigenvalue weighted by atomic mass is 10.7. The van der Waals surface area contributed by atoms with E-state index in [4.69, 9.17) is 0 Å². The van der Waals surface area contributed by atoms with Gasteiger partial charge in [0.05, 0.1) is 0 Å². The third-order valence-electron chi connectivity index (χ3n) is 1.16. The predicted molar refractivity (Wildman–Crippen MR) is 38.5 cm³/mol.